The van der Waals surface area contributed by atoms with Crippen LogP contribution in [0.1, 0.15) is 65.2 Å². The molecule has 32 heavy (non-hydrogen) atoms. The van der Waals surface area contributed by atoms with Crippen LogP contribution in [0.2, 0.25) is 0 Å². The highest BCUT2D eigenvalue weighted by molar-refractivity contribution is 14.1. The third kappa shape index (κ3) is 5.45. The molecule has 0 spiro atoms. The highest BCUT2D eigenvalue weighted by Gasteiger charge is 2.52. The molecular formula is C24H38BIN2O4. The first-order valence-electron chi connectivity index (χ1n) is 11.5. The van der Waals surface area contributed by atoms with Gasteiger partial charge in [0.15, 0.2) is 0 Å². The molecule has 0 aromatic heterocycles. The summed E-state index contributed by atoms with van der Waals surface area (Å²) in [6.07, 6.45) is -0.221. The maximum Gasteiger partial charge on any atom is 0.495 e. The van der Waals surface area contributed by atoms with Crippen molar-refractivity contribution >= 4 is 41.3 Å². The molecule has 1 aromatic carbocycles. The first kappa shape index (κ1) is 25.8. The molecule has 2 aliphatic heterocycles. The molecule has 0 radical (unpaired) electrons. The molecule has 0 unspecified atom stereocenters. The van der Waals surface area contributed by atoms with Crippen molar-refractivity contribution < 1.29 is 18.8 Å². The van der Waals surface area contributed by atoms with E-state index in [0.29, 0.717) is 13.1 Å². The number of carbonyl (C=O) groups excluding carboxylic acids is 1. The van der Waals surface area contributed by atoms with E-state index in [0.717, 1.165) is 25.1 Å². The maximum absolute atomic E-state index is 12.4. The predicted octanol–water partition coefficient (Wildman–Crippen LogP) is 4.26. The van der Waals surface area contributed by atoms with Crippen molar-refractivity contribution in [2.45, 2.75) is 85.7 Å². The Morgan fingerprint density at radius 2 is 1.59 bits per heavy atom. The van der Waals surface area contributed by atoms with E-state index in [1.807, 2.05) is 25.7 Å². The standard InChI is InChI=1S/C24H38BIN2O4/c1-16-18(15-27-10-12-28(13-11-27)21(29)30-22(3,4)5)14-19(26)17(2)20(16)25-31-23(6,7)24(8,9)32-25/h14H,10-13,15H2,1-9H3. The van der Waals surface area contributed by atoms with Crippen LogP contribution in [-0.4, -0.2) is 66.0 Å². The van der Waals surface area contributed by atoms with E-state index >= 15 is 0 Å². The largest absolute Gasteiger partial charge is 0.495 e. The van der Waals surface area contributed by atoms with Gasteiger partial charge in [-0.25, -0.2) is 4.79 Å². The van der Waals surface area contributed by atoms with E-state index in [-0.39, 0.29) is 24.4 Å². The first-order valence-corrected chi connectivity index (χ1v) is 12.5. The summed E-state index contributed by atoms with van der Waals surface area (Å²) in [6, 6.07) is 2.28. The first-order chi connectivity index (χ1) is 14.6. The molecule has 1 aromatic rings. The van der Waals surface area contributed by atoms with E-state index in [1.54, 1.807) is 0 Å². The van der Waals surface area contributed by atoms with Gasteiger partial charge < -0.3 is 18.9 Å². The fourth-order valence-corrected chi connectivity index (χ4v) is 4.75. The Kier molecular flexibility index (Phi) is 7.31. The number of piperazine rings is 1. The second-order valence-electron chi connectivity index (χ2n) is 11.0. The van der Waals surface area contributed by atoms with Gasteiger partial charge in [-0.2, -0.15) is 0 Å². The molecular weight excluding hydrogens is 518 g/mol. The van der Waals surface area contributed by atoms with Crippen LogP contribution in [0.25, 0.3) is 0 Å². The molecule has 3 rings (SSSR count). The summed E-state index contributed by atoms with van der Waals surface area (Å²) >= 11 is 2.42. The Morgan fingerprint density at radius 3 is 2.09 bits per heavy atom. The van der Waals surface area contributed by atoms with Crippen LogP contribution in [0.3, 0.4) is 0 Å². The third-order valence-electron chi connectivity index (χ3n) is 6.86. The van der Waals surface area contributed by atoms with Crippen LogP contribution in [0.15, 0.2) is 6.07 Å². The minimum Gasteiger partial charge on any atom is -0.444 e. The lowest BCUT2D eigenvalue weighted by Gasteiger charge is -2.36. The normalized spacial score (nSPS) is 21.2. The summed E-state index contributed by atoms with van der Waals surface area (Å²) in [4.78, 5) is 16.6. The van der Waals surface area contributed by atoms with Crippen LogP contribution in [0.5, 0.6) is 0 Å². The molecule has 2 fully saturated rings. The predicted molar refractivity (Wildman–Crippen MR) is 137 cm³/mol. The van der Waals surface area contributed by atoms with E-state index in [9.17, 15) is 4.79 Å². The number of carbonyl (C=O) groups is 1. The number of halogens is 1. The van der Waals surface area contributed by atoms with Gasteiger partial charge in [0.2, 0.25) is 0 Å². The van der Waals surface area contributed by atoms with Crippen LogP contribution in [-0.2, 0) is 20.6 Å². The summed E-state index contributed by atoms with van der Waals surface area (Å²) in [7, 11) is -0.363. The number of ether oxygens (including phenoxy) is 1. The molecule has 6 nitrogen and oxygen atoms in total. The Labute approximate surface area is 207 Å². The van der Waals surface area contributed by atoms with Crippen LogP contribution < -0.4 is 5.46 Å². The summed E-state index contributed by atoms with van der Waals surface area (Å²) in [5.74, 6) is 0. The molecule has 0 atom stereocenters. The minimum absolute atomic E-state index is 0.221. The lowest BCUT2D eigenvalue weighted by Crippen LogP contribution is -2.49. The van der Waals surface area contributed by atoms with Gasteiger partial charge in [0, 0.05) is 36.3 Å². The molecule has 8 heteroatoms. The van der Waals surface area contributed by atoms with Crippen molar-refractivity contribution in [1.29, 1.82) is 0 Å². The maximum atomic E-state index is 12.4. The van der Waals surface area contributed by atoms with E-state index in [2.05, 4.69) is 75.1 Å². The molecule has 2 saturated heterocycles. The third-order valence-corrected chi connectivity index (χ3v) is 7.98. The fraction of sp³-hybridized carbons (Fsp3) is 0.708. The van der Waals surface area contributed by atoms with Crippen molar-refractivity contribution in [3.05, 3.63) is 26.3 Å². The van der Waals surface area contributed by atoms with Crippen molar-refractivity contribution in [3.8, 4) is 0 Å². The van der Waals surface area contributed by atoms with E-state index in [1.165, 1.54) is 20.3 Å². The Hall–Kier alpha value is -0.835. The quantitative estimate of drug-likeness (QED) is 0.412. The van der Waals surface area contributed by atoms with Crippen molar-refractivity contribution in [2.24, 2.45) is 0 Å². The Balaban J connectivity index is 1.73. The topological polar surface area (TPSA) is 51.2 Å². The number of hydrogen-bond acceptors (Lipinski definition) is 5. The lowest BCUT2D eigenvalue weighted by molar-refractivity contribution is 0.00578. The van der Waals surface area contributed by atoms with Gasteiger partial charge in [0.1, 0.15) is 5.60 Å². The van der Waals surface area contributed by atoms with Crippen molar-refractivity contribution in [3.63, 3.8) is 0 Å². The van der Waals surface area contributed by atoms with Gasteiger partial charge in [-0.05, 0) is 113 Å². The summed E-state index contributed by atoms with van der Waals surface area (Å²) < 4.78 is 19.5. The Bertz CT molecular complexity index is 858. The molecule has 1 amide bonds. The fourth-order valence-electron chi connectivity index (χ4n) is 4.09. The number of hydrogen-bond donors (Lipinski definition) is 0. The van der Waals surface area contributed by atoms with Crippen molar-refractivity contribution in [1.82, 2.24) is 9.80 Å². The summed E-state index contributed by atoms with van der Waals surface area (Å²) in [5, 5.41) is 0. The summed E-state index contributed by atoms with van der Waals surface area (Å²) in [5.41, 5.74) is 3.70. The molecule has 178 valence electrons. The van der Waals surface area contributed by atoms with Gasteiger partial charge in [0.25, 0.3) is 0 Å². The number of nitrogens with zero attached hydrogens (tertiary/aromatic N) is 2. The highest BCUT2D eigenvalue weighted by atomic mass is 127. The second-order valence-corrected chi connectivity index (χ2v) is 12.2. The van der Waals surface area contributed by atoms with Gasteiger partial charge in [0.05, 0.1) is 11.2 Å². The molecule has 0 saturated carbocycles. The molecule has 2 heterocycles. The van der Waals surface area contributed by atoms with Gasteiger partial charge in [-0.1, -0.05) is 0 Å². The van der Waals surface area contributed by atoms with Gasteiger partial charge in [-0.3, -0.25) is 4.90 Å². The number of rotatable bonds is 3. The summed E-state index contributed by atoms with van der Waals surface area (Å²) in [6.45, 7) is 22.3. The molecule has 0 aliphatic carbocycles. The zero-order valence-corrected chi connectivity index (χ0v) is 23.3. The van der Waals surface area contributed by atoms with Crippen molar-refractivity contribution in [2.75, 3.05) is 26.2 Å². The second kappa shape index (κ2) is 9.08. The molecule has 0 bridgehead atoms. The molecule has 2 aliphatic rings. The van der Waals surface area contributed by atoms with Gasteiger partial charge >= 0.3 is 13.2 Å². The smallest absolute Gasteiger partial charge is 0.444 e. The zero-order valence-electron chi connectivity index (χ0n) is 21.1. The van der Waals surface area contributed by atoms with E-state index < -0.39 is 5.60 Å². The highest BCUT2D eigenvalue weighted by Crippen LogP contribution is 2.37. The zero-order chi connectivity index (χ0) is 24.1. The van der Waals surface area contributed by atoms with E-state index in [4.69, 9.17) is 14.0 Å². The van der Waals surface area contributed by atoms with Crippen LogP contribution in [0, 0.1) is 17.4 Å². The average Bonchev–Trinajstić information content (AvgIpc) is 2.86. The SMILES string of the molecule is Cc1c(I)cc(CN2CCN(C(=O)OC(C)(C)C)CC2)c(C)c1B1OC(C)(C)C(C)(C)O1. The lowest BCUT2D eigenvalue weighted by atomic mass is 9.72. The minimum atomic E-state index is -0.464. The number of amides is 1. The van der Waals surface area contributed by atoms with Crippen LogP contribution >= 0.6 is 22.6 Å². The Morgan fingerprint density at radius 1 is 1.06 bits per heavy atom. The average molecular weight is 556 g/mol. The monoisotopic (exact) mass is 556 g/mol. The number of benzene rings is 1. The van der Waals surface area contributed by atoms with Crippen LogP contribution in [0.4, 0.5) is 4.79 Å². The molecule has 0 N–H and O–H groups in total. The van der Waals surface area contributed by atoms with Gasteiger partial charge in [-0.15, -0.1) is 0 Å².